The first-order valence-corrected chi connectivity index (χ1v) is 6.77. The van der Waals surface area contributed by atoms with Crippen molar-refractivity contribution in [3.8, 4) is 0 Å². The quantitative estimate of drug-likeness (QED) is 0.857. The van der Waals surface area contributed by atoms with Gasteiger partial charge in [-0.05, 0) is 37.0 Å². The van der Waals surface area contributed by atoms with Crippen LogP contribution in [0.1, 0.15) is 37.3 Å². The van der Waals surface area contributed by atoms with Crippen molar-refractivity contribution in [2.75, 3.05) is 0 Å². The molecule has 1 nitrogen and oxygen atoms in total. The minimum absolute atomic E-state index is 0.0755. The van der Waals surface area contributed by atoms with Crippen LogP contribution in [0.4, 0.5) is 13.2 Å². The number of nitrogens with two attached hydrogens (primary N) is 1. The van der Waals surface area contributed by atoms with Crippen LogP contribution in [0.5, 0.6) is 0 Å². The second-order valence-electron chi connectivity index (χ2n) is 4.88. The van der Waals surface area contributed by atoms with Crippen LogP contribution in [-0.2, 0) is 0 Å². The normalized spacial score (nSPS) is 21.8. The van der Waals surface area contributed by atoms with Crippen LogP contribution in [0.3, 0.4) is 0 Å². The van der Waals surface area contributed by atoms with Crippen LogP contribution in [0, 0.1) is 11.7 Å². The molecule has 0 bridgehead atoms. The fourth-order valence-electron chi connectivity index (χ4n) is 2.45. The Bertz CT molecular complexity index is 426. The van der Waals surface area contributed by atoms with Crippen LogP contribution in [0.25, 0.3) is 0 Å². The van der Waals surface area contributed by atoms with Crippen molar-refractivity contribution in [1.82, 2.24) is 0 Å². The summed E-state index contributed by atoms with van der Waals surface area (Å²) in [5.74, 6) is -3.03. The molecule has 0 amide bonds. The van der Waals surface area contributed by atoms with E-state index in [0.29, 0.717) is 18.4 Å². The zero-order chi connectivity index (χ0) is 13.3. The second kappa shape index (κ2) is 5.21. The summed E-state index contributed by atoms with van der Waals surface area (Å²) in [6.07, 6.45) is 0.391. The van der Waals surface area contributed by atoms with Crippen LogP contribution < -0.4 is 5.73 Å². The third-order valence-corrected chi connectivity index (χ3v) is 4.08. The maximum Gasteiger partial charge on any atom is 0.248 e. The number of alkyl halides is 2. The smallest absolute Gasteiger partial charge is 0.248 e. The monoisotopic (exact) mass is 321 g/mol. The Labute approximate surface area is 113 Å². The van der Waals surface area contributed by atoms with Gasteiger partial charge < -0.3 is 5.73 Å². The second-order valence-corrected chi connectivity index (χ2v) is 5.80. The summed E-state index contributed by atoms with van der Waals surface area (Å²) in [6, 6.07) is 4.06. The summed E-state index contributed by atoms with van der Waals surface area (Å²) in [5, 5.41) is 0. The van der Waals surface area contributed by atoms with Gasteiger partial charge in [-0.1, -0.05) is 15.9 Å². The van der Waals surface area contributed by atoms with E-state index >= 15 is 0 Å². The molecule has 1 aromatic carbocycles. The highest BCUT2D eigenvalue weighted by Gasteiger charge is 2.37. The molecule has 100 valence electrons. The Hall–Kier alpha value is -0.550. The Morgan fingerprint density at radius 1 is 1.28 bits per heavy atom. The molecule has 5 heteroatoms. The number of rotatable bonds is 2. The minimum Gasteiger partial charge on any atom is -0.324 e. The van der Waals surface area contributed by atoms with Crippen LogP contribution in [-0.4, -0.2) is 5.92 Å². The van der Waals surface area contributed by atoms with E-state index in [2.05, 4.69) is 15.9 Å². The molecule has 1 saturated carbocycles. The molecule has 1 aliphatic carbocycles. The lowest BCUT2D eigenvalue weighted by Gasteiger charge is -2.32. The molecule has 18 heavy (non-hydrogen) atoms. The van der Waals surface area contributed by atoms with Crippen molar-refractivity contribution in [3.05, 3.63) is 34.1 Å². The third kappa shape index (κ3) is 3.06. The van der Waals surface area contributed by atoms with Gasteiger partial charge in [0.2, 0.25) is 5.92 Å². The summed E-state index contributed by atoms with van der Waals surface area (Å²) in [7, 11) is 0. The molecule has 0 radical (unpaired) electrons. The molecule has 1 aromatic rings. The molecule has 1 unspecified atom stereocenters. The van der Waals surface area contributed by atoms with E-state index in [4.69, 9.17) is 5.73 Å². The lowest BCUT2D eigenvalue weighted by Crippen LogP contribution is -2.31. The van der Waals surface area contributed by atoms with E-state index < -0.39 is 12.0 Å². The van der Waals surface area contributed by atoms with Gasteiger partial charge in [0.05, 0.1) is 0 Å². The van der Waals surface area contributed by atoms with Gasteiger partial charge in [-0.25, -0.2) is 13.2 Å². The summed E-state index contributed by atoms with van der Waals surface area (Å²) < 4.78 is 40.6. The number of benzene rings is 1. The predicted octanol–water partition coefficient (Wildman–Crippen LogP) is 4.41. The average molecular weight is 322 g/mol. The van der Waals surface area contributed by atoms with Gasteiger partial charge in [-0.2, -0.15) is 0 Å². The van der Waals surface area contributed by atoms with Gasteiger partial charge in [0.15, 0.2) is 0 Å². The standard InChI is InChI=1S/C13H15BrF3N/c14-9-1-2-11(15)10(7-9)12(18)8-3-5-13(16,17)6-4-8/h1-2,7-8,12H,3-6,18H2. The molecular weight excluding hydrogens is 307 g/mol. The van der Waals surface area contributed by atoms with E-state index in [0.717, 1.165) is 4.47 Å². The zero-order valence-corrected chi connectivity index (χ0v) is 11.4. The minimum atomic E-state index is -2.58. The topological polar surface area (TPSA) is 26.0 Å². The molecule has 1 fully saturated rings. The van der Waals surface area contributed by atoms with Crippen molar-refractivity contribution < 1.29 is 13.2 Å². The fraction of sp³-hybridized carbons (Fsp3) is 0.538. The van der Waals surface area contributed by atoms with E-state index in [1.165, 1.54) is 6.07 Å². The van der Waals surface area contributed by atoms with Gasteiger partial charge in [-0.3, -0.25) is 0 Å². The maximum absolute atomic E-state index is 13.7. The predicted molar refractivity (Wildman–Crippen MR) is 67.9 cm³/mol. The van der Waals surface area contributed by atoms with Gasteiger partial charge in [-0.15, -0.1) is 0 Å². The Morgan fingerprint density at radius 2 is 1.89 bits per heavy atom. The highest BCUT2D eigenvalue weighted by Crippen LogP contribution is 2.41. The summed E-state index contributed by atoms with van der Waals surface area (Å²) in [6.45, 7) is 0. The number of hydrogen-bond acceptors (Lipinski definition) is 1. The van der Waals surface area contributed by atoms with Crippen LogP contribution in [0.15, 0.2) is 22.7 Å². The van der Waals surface area contributed by atoms with E-state index in [1.807, 2.05) is 0 Å². The van der Waals surface area contributed by atoms with Crippen molar-refractivity contribution in [2.24, 2.45) is 11.7 Å². The molecule has 0 heterocycles. The zero-order valence-electron chi connectivity index (χ0n) is 9.80. The van der Waals surface area contributed by atoms with Crippen molar-refractivity contribution in [2.45, 2.75) is 37.6 Å². The molecule has 0 spiro atoms. The van der Waals surface area contributed by atoms with Gasteiger partial charge >= 0.3 is 0 Å². The molecule has 2 rings (SSSR count). The highest BCUT2D eigenvalue weighted by atomic mass is 79.9. The first-order valence-electron chi connectivity index (χ1n) is 5.97. The fourth-order valence-corrected chi connectivity index (χ4v) is 2.82. The molecule has 0 aromatic heterocycles. The third-order valence-electron chi connectivity index (χ3n) is 3.59. The van der Waals surface area contributed by atoms with E-state index in [-0.39, 0.29) is 24.6 Å². The molecule has 0 aliphatic heterocycles. The van der Waals surface area contributed by atoms with E-state index in [9.17, 15) is 13.2 Å². The van der Waals surface area contributed by atoms with Gasteiger partial charge in [0.1, 0.15) is 5.82 Å². The largest absolute Gasteiger partial charge is 0.324 e. The summed E-state index contributed by atoms with van der Waals surface area (Å²) >= 11 is 3.26. The average Bonchev–Trinajstić information content (AvgIpc) is 2.31. The lowest BCUT2D eigenvalue weighted by atomic mass is 9.80. The summed E-state index contributed by atoms with van der Waals surface area (Å²) in [4.78, 5) is 0. The van der Waals surface area contributed by atoms with Gasteiger partial charge in [0, 0.05) is 28.9 Å². The van der Waals surface area contributed by atoms with Crippen LogP contribution in [0.2, 0.25) is 0 Å². The van der Waals surface area contributed by atoms with Crippen molar-refractivity contribution >= 4 is 15.9 Å². The van der Waals surface area contributed by atoms with Crippen molar-refractivity contribution in [3.63, 3.8) is 0 Å². The first-order chi connectivity index (χ1) is 8.39. The lowest BCUT2D eigenvalue weighted by molar-refractivity contribution is -0.0484. The van der Waals surface area contributed by atoms with Crippen molar-refractivity contribution in [1.29, 1.82) is 0 Å². The molecule has 1 atom stereocenters. The Balaban J connectivity index is 2.12. The molecule has 0 saturated heterocycles. The van der Waals surface area contributed by atoms with E-state index in [1.54, 1.807) is 12.1 Å². The Morgan fingerprint density at radius 3 is 2.50 bits per heavy atom. The SMILES string of the molecule is NC(c1cc(Br)ccc1F)C1CCC(F)(F)CC1. The number of halogens is 4. The molecular formula is C13H15BrF3N. The van der Waals surface area contributed by atoms with Gasteiger partial charge in [0.25, 0.3) is 0 Å². The first kappa shape index (κ1) is 13.9. The molecule has 2 N–H and O–H groups in total. The van der Waals surface area contributed by atoms with Crippen LogP contribution >= 0.6 is 15.9 Å². The highest BCUT2D eigenvalue weighted by molar-refractivity contribution is 9.10. The Kier molecular flexibility index (Phi) is 4.02. The maximum atomic E-state index is 13.7. The molecule has 1 aliphatic rings. The number of hydrogen-bond donors (Lipinski definition) is 1. The summed E-state index contributed by atoms with van der Waals surface area (Å²) in [5.41, 5.74) is 6.42.